The highest BCUT2D eigenvalue weighted by atomic mass is 35.5. The second kappa shape index (κ2) is 6.87. The molecule has 0 bridgehead atoms. The molecule has 1 aliphatic heterocycles. The lowest BCUT2D eigenvalue weighted by Crippen LogP contribution is -2.18. The molecule has 2 fully saturated rings. The summed E-state index contributed by atoms with van der Waals surface area (Å²) in [6.07, 6.45) is 1.43. The Morgan fingerprint density at radius 1 is 1.24 bits per heavy atom. The first-order chi connectivity index (χ1) is 14.0. The molecule has 146 valence electrons. The molecule has 2 aliphatic rings. The van der Waals surface area contributed by atoms with Crippen molar-refractivity contribution in [3.63, 3.8) is 0 Å². The first-order valence-electron chi connectivity index (χ1n) is 9.46. The number of nitrogens with two attached hydrogens (primary N) is 1. The number of nitrogens with one attached hydrogen (secondary N) is 1. The van der Waals surface area contributed by atoms with Crippen LogP contribution in [0.5, 0.6) is 0 Å². The van der Waals surface area contributed by atoms with Gasteiger partial charge in [0.1, 0.15) is 12.1 Å². The highest BCUT2D eigenvalue weighted by Crippen LogP contribution is 2.50. The number of halogens is 2. The van der Waals surface area contributed by atoms with Gasteiger partial charge in [-0.3, -0.25) is 0 Å². The second-order valence-corrected chi connectivity index (χ2v) is 8.16. The second-order valence-electron chi connectivity index (χ2n) is 7.75. The monoisotopic (exact) mass is 407 g/mol. The van der Waals surface area contributed by atoms with Crippen LogP contribution in [0.2, 0.25) is 5.02 Å². The first-order valence-corrected chi connectivity index (χ1v) is 9.84. The SMILES string of the molecule is CN1C[C@@H]2[C@@H](C#Cc3cc4ncnc(Nc5cccc(Cl)c5F)c4cc3N)[C@@H]2C1. The third-order valence-electron chi connectivity index (χ3n) is 5.76. The molecule has 3 atom stereocenters. The molecule has 0 radical (unpaired) electrons. The molecule has 1 saturated carbocycles. The first kappa shape index (κ1) is 18.2. The van der Waals surface area contributed by atoms with Gasteiger partial charge in [0, 0.05) is 35.6 Å². The Morgan fingerprint density at radius 3 is 2.83 bits per heavy atom. The summed E-state index contributed by atoms with van der Waals surface area (Å²) >= 11 is 5.87. The van der Waals surface area contributed by atoms with E-state index < -0.39 is 5.82 Å². The van der Waals surface area contributed by atoms with E-state index in [2.05, 4.69) is 39.1 Å². The van der Waals surface area contributed by atoms with Crippen molar-refractivity contribution >= 4 is 39.7 Å². The number of aromatic nitrogens is 2. The number of piperidine rings is 1. The van der Waals surface area contributed by atoms with E-state index in [0.717, 1.165) is 18.7 Å². The van der Waals surface area contributed by atoms with Crippen LogP contribution in [0.25, 0.3) is 10.9 Å². The predicted molar refractivity (Wildman–Crippen MR) is 113 cm³/mol. The van der Waals surface area contributed by atoms with Gasteiger partial charge < -0.3 is 16.0 Å². The van der Waals surface area contributed by atoms with E-state index in [9.17, 15) is 4.39 Å². The summed E-state index contributed by atoms with van der Waals surface area (Å²) in [5.41, 5.74) is 8.50. The molecule has 5 rings (SSSR count). The van der Waals surface area contributed by atoms with E-state index in [1.807, 2.05) is 6.07 Å². The third kappa shape index (κ3) is 3.27. The standard InChI is InChI=1S/C22H19ClFN5/c1-29-9-15-13(16(15)10-29)6-5-12-7-20-14(8-18(12)25)22(27-11-26-20)28-19-4-2-3-17(23)21(19)24/h2-4,7-8,11,13,15-16H,9-10,25H2,1H3,(H,26,27,28)/t13-,15-,16+. The van der Waals surface area contributed by atoms with Crippen LogP contribution in [-0.2, 0) is 0 Å². The van der Waals surface area contributed by atoms with E-state index in [1.54, 1.807) is 18.2 Å². The van der Waals surface area contributed by atoms with Crippen LogP contribution < -0.4 is 11.1 Å². The fourth-order valence-corrected chi connectivity index (χ4v) is 4.34. The number of benzene rings is 2. The van der Waals surface area contributed by atoms with Crippen LogP contribution in [0.15, 0.2) is 36.7 Å². The van der Waals surface area contributed by atoms with Crippen LogP contribution in [0.4, 0.5) is 21.6 Å². The highest BCUT2D eigenvalue weighted by molar-refractivity contribution is 6.31. The molecule has 7 heteroatoms. The van der Waals surface area contributed by atoms with Crippen molar-refractivity contribution < 1.29 is 4.39 Å². The van der Waals surface area contributed by atoms with Gasteiger partial charge >= 0.3 is 0 Å². The van der Waals surface area contributed by atoms with Gasteiger partial charge in [-0.25, -0.2) is 14.4 Å². The Kier molecular flexibility index (Phi) is 4.30. The fourth-order valence-electron chi connectivity index (χ4n) is 4.17. The van der Waals surface area contributed by atoms with Gasteiger partial charge in [-0.15, -0.1) is 0 Å². The summed E-state index contributed by atoms with van der Waals surface area (Å²) in [5, 5.41) is 3.72. The normalized spacial score (nSPS) is 22.8. The number of nitrogen functional groups attached to an aromatic ring is 1. The molecule has 1 aromatic heterocycles. The Bertz CT molecular complexity index is 1170. The molecular weight excluding hydrogens is 389 g/mol. The van der Waals surface area contributed by atoms with E-state index >= 15 is 0 Å². The Balaban J connectivity index is 1.45. The van der Waals surface area contributed by atoms with Crippen LogP contribution in [0.1, 0.15) is 5.56 Å². The van der Waals surface area contributed by atoms with E-state index in [-0.39, 0.29) is 10.7 Å². The average molecular weight is 408 g/mol. The van der Waals surface area contributed by atoms with Crippen molar-refractivity contribution in [2.24, 2.45) is 17.8 Å². The highest BCUT2D eigenvalue weighted by Gasteiger charge is 2.53. The number of fused-ring (bicyclic) bond motifs is 2. The van der Waals surface area contributed by atoms with Crippen LogP contribution in [0.3, 0.4) is 0 Å². The molecule has 0 amide bonds. The van der Waals surface area contributed by atoms with Gasteiger partial charge in [0.15, 0.2) is 5.82 Å². The maximum absolute atomic E-state index is 14.3. The molecule has 29 heavy (non-hydrogen) atoms. The van der Waals surface area contributed by atoms with Gasteiger partial charge in [-0.05, 0) is 43.1 Å². The minimum absolute atomic E-state index is 0.0430. The van der Waals surface area contributed by atoms with Gasteiger partial charge in [0.2, 0.25) is 0 Å². The van der Waals surface area contributed by atoms with E-state index in [1.165, 1.54) is 12.4 Å². The molecule has 3 aromatic rings. The third-order valence-corrected chi connectivity index (χ3v) is 6.05. The van der Waals surface area contributed by atoms with Gasteiger partial charge in [0.05, 0.1) is 16.2 Å². The van der Waals surface area contributed by atoms with Crippen molar-refractivity contribution in [3.8, 4) is 11.8 Å². The topological polar surface area (TPSA) is 67.1 Å². The van der Waals surface area contributed by atoms with Crippen molar-refractivity contribution in [2.45, 2.75) is 0 Å². The van der Waals surface area contributed by atoms with Gasteiger partial charge in [-0.1, -0.05) is 29.5 Å². The number of rotatable bonds is 2. The zero-order valence-corrected chi connectivity index (χ0v) is 16.5. The number of hydrogen-bond acceptors (Lipinski definition) is 5. The maximum Gasteiger partial charge on any atom is 0.165 e. The number of anilines is 3. The van der Waals surface area contributed by atoms with Gasteiger partial charge in [0.25, 0.3) is 0 Å². The maximum atomic E-state index is 14.3. The van der Waals surface area contributed by atoms with Crippen molar-refractivity contribution in [1.29, 1.82) is 0 Å². The molecular formula is C22H19ClFN5. The molecule has 1 aliphatic carbocycles. The fraction of sp³-hybridized carbons (Fsp3) is 0.273. The molecule has 0 spiro atoms. The largest absolute Gasteiger partial charge is 0.398 e. The minimum atomic E-state index is -0.531. The quantitative estimate of drug-likeness (QED) is 0.498. The Labute approximate surface area is 173 Å². The summed E-state index contributed by atoms with van der Waals surface area (Å²) in [7, 11) is 2.15. The minimum Gasteiger partial charge on any atom is -0.398 e. The molecule has 2 heterocycles. The molecule has 3 N–H and O–H groups in total. The number of nitrogens with zero attached hydrogens (tertiary/aromatic N) is 3. The van der Waals surface area contributed by atoms with Gasteiger partial charge in [-0.2, -0.15) is 0 Å². The molecule has 1 saturated heterocycles. The Hall–Kier alpha value is -2.88. The zero-order valence-electron chi connectivity index (χ0n) is 15.8. The smallest absolute Gasteiger partial charge is 0.165 e. The van der Waals surface area contributed by atoms with E-state index in [4.69, 9.17) is 17.3 Å². The Morgan fingerprint density at radius 2 is 2.03 bits per heavy atom. The summed E-state index contributed by atoms with van der Waals surface area (Å²) < 4.78 is 14.3. The lowest BCUT2D eigenvalue weighted by molar-refractivity contribution is 0.360. The van der Waals surface area contributed by atoms with Crippen molar-refractivity contribution in [1.82, 2.24) is 14.9 Å². The number of likely N-dealkylation sites (tertiary alicyclic amines) is 1. The lowest BCUT2D eigenvalue weighted by atomic mass is 10.1. The summed E-state index contributed by atoms with van der Waals surface area (Å²) in [5.74, 6) is 8.42. The summed E-state index contributed by atoms with van der Waals surface area (Å²) in [6.45, 7) is 2.25. The summed E-state index contributed by atoms with van der Waals surface area (Å²) in [6, 6.07) is 8.41. The van der Waals surface area contributed by atoms with Crippen molar-refractivity contribution in [2.75, 3.05) is 31.2 Å². The van der Waals surface area contributed by atoms with Crippen LogP contribution >= 0.6 is 11.6 Å². The average Bonchev–Trinajstić information content (AvgIpc) is 3.16. The lowest BCUT2D eigenvalue weighted by Gasteiger charge is -2.11. The molecule has 0 unspecified atom stereocenters. The van der Waals surface area contributed by atoms with Crippen molar-refractivity contribution in [3.05, 3.63) is 53.1 Å². The summed E-state index contributed by atoms with van der Waals surface area (Å²) in [4.78, 5) is 10.9. The molecule has 2 aromatic carbocycles. The van der Waals surface area contributed by atoms with Crippen LogP contribution in [0, 0.1) is 35.4 Å². The predicted octanol–water partition coefficient (Wildman–Crippen LogP) is 3.91. The molecule has 5 nitrogen and oxygen atoms in total. The zero-order chi connectivity index (χ0) is 20.1. The van der Waals surface area contributed by atoms with E-state index in [0.29, 0.717) is 40.2 Å². The number of hydrogen-bond donors (Lipinski definition) is 2. The van der Waals surface area contributed by atoms with Crippen LogP contribution in [-0.4, -0.2) is 35.0 Å².